The molecule has 0 aliphatic rings. The lowest BCUT2D eigenvalue weighted by atomic mass is 10.4. The Hall–Kier alpha value is -1.80. The van der Waals surface area contributed by atoms with Crippen LogP contribution in [0.1, 0.15) is 0 Å². The van der Waals surface area contributed by atoms with E-state index in [9.17, 15) is 8.42 Å². The summed E-state index contributed by atoms with van der Waals surface area (Å²) in [4.78, 5) is 3.84. The lowest BCUT2D eigenvalue weighted by Gasteiger charge is -2.07. The number of sulfonamides is 1. The quantitative estimate of drug-likeness (QED) is 0.871. The summed E-state index contributed by atoms with van der Waals surface area (Å²) < 4.78 is 27.6. The topological polar surface area (TPSA) is 103 Å². The Kier molecular flexibility index (Phi) is 3.14. The molecule has 0 saturated carbocycles. The summed E-state index contributed by atoms with van der Waals surface area (Å²) in [7, 11) is -2.35. The van der Waals surface area contributed by atoms with Crippen molar-refractivity contribution in [2.45, 2.75) is 5.03 Å². The van der Waals surface area contributed by atoms with E-state index in [-0.39, 0.29) is 15.9 Å². The third-order valence-corrected chi connectivity index (χ3v) is 3.98. The smallest absolute Gasteiger partial charge is 0.281 e. The number of nitrogen functional groups attached to an aromatic ring is 1. The summed E-state index contributed by atoms with van der Waals surface area (Å²) in [6, 6.07) is 2.99. The number of rotatable bonds is 3. The molecule has 9 heteroatoms. The lowest BCUT2D eigenvalue weighted by Crippen LogP contribution is -2.17. The first kappa shape index (κ1) is 12.7. The minimum Gasteiger partial charge on any atom is -0.397 e. The molecule has 18 heavy (non-hydrogen) atoms. The number of nitrogens with zero attached hydrogens (tertiary/aromatic N) is 3. The van der Waals surface area contributed by atoms with Crippen LogP contribution >= 0.6 is 11.6 Å². The van der Waals surface area contributed by atoms with Gasteiger partial charge in [0.2, 0.25) is 0 Å². The van der Waals surface area contributed by atoms with E-state index in [4.69, 9.17) is 17.3 Å². The second-order valence-electron chi connectivity index (χ2n) is 3.50. The van der Waals surface area contributed by atoms with Crippen LogP contribution in [0.2, 0.25) is 5.02 Å². The molecule has 0 aliphatic carbocycles. The summed E-state index contributed by atoms with van der Waals surface area (Å²) >= 11 is 5.78. The van der Waals surface area contributed by atoms with Crippen molar-refractivity contribution in [2.75, 3.05) is 10.5 Å². The molecule has 0 aliphatic heterocycles. The van der Waals surface area contributed by atoms with Gasteiger partial charge in [0, 0.05) is 7.05 Å². The zero-order chi connectivity index (χ0) is 13.3. The number of halogens is 1. The fourth-order valence-corrected chi connectivity index (χ4v) is 3.02. The minimum atomic E-state index is -3.83. The van der Waals surface area contributed by atoms with Crippen LogP contribution in [-0.4, -0.2) is 23.2 Å². The summed E-state index contributed by atoms with van der Waals surface area (Å²) in [5.74, 6) is 0.154. The number of nitrogens with one attached hydrogen (secondary N) is 1. The van der Waals surface area contributed by atoms with E-state index >= 15 is 0 Å². The van der Waals surface area contributed by atoms with Crippen molar-refractivity contribution in [1.29, 1.82) is 0 Å². The summed E-state index contributed by atoms with van der Waals surface area (Å²) in [6.45, 7) is 0. The van der Waals surface area contributed by atoms with E-state index in [1.54, 1.807) is 0 Å². The molecule has 2 heterocycles. The second-order valence-corrected chi connectivity index (χ2v) is 5.51. The number of anilines is 2. The Labute approximate surface area is 109 Å². The average Bonchev–Trinajstić information content (AvgIpc) is 2.62. The Balaban J connectivity index is 2.36. The first-order valence-electron chi connectivity index (χ1n) is 4.82. The average molecular weight is 288 g/mol. The maximum absolute atomic E-state index is 12.1. The highest BCUT2D eigenvalue weighted by Gasteiger charge is 2.23. The van der Waals surface area contributed by atoms with Crippen molar-refractivity contribution in [1.82, 2.24) is 14.8 Å². The molecule has 0 saturated heterocycles. The predicted molar refractivity (Wildman–Crippen MR) is 67.7 cm³/mol. The van der Waals surface area contributed by atoms with Crippen molar-refractivity contribution in [3.63, 3.8) is 0 Å². The van der Waals surface area contributed by atoms with Crippen LogP contribution in [0.4, 0.5) is 11.5 Å². The normalized spacial score (nSPS) is 11.4. The molecular formula is C9H10ClN5O2S. The van der Waals surface area contributed by atoms with E-state index in [0.29, 0.717) is 5.69 Å². The predicted octanol–water partition coefficient (Wildman–Crippen LogP) is 0.852. The van der Waals surface area contributed by atoms with Gasteiger partial charge in [0.15, 0.2) is 5.03 Å². The van der Waals surface area contributed by atoms with Gasteiger partial charge in [0.1, 0.15) is 5.82 Å². The molecule has 2 aromatic rings. The summed E-state index contributed by atoms with van der Waals surface area (Å²) in [5.41, 5.74) is 5.90. The largest absolute Gasteiger partial charge is 0.397 e. The van der Waals surface area contributed by atoms with E-state index < -0.39 is 10.0 Å². The molecule has 2 aromatic heterocycles. The van der Waals surface area contributed by atoms with Crippen LogP contribution < -0.4 is 10.5 Å². The molecule has 2 rings (SSSR count). The van der Waals surface area contributed by atoms with Gasteiger partial charge in [-0.1, -0.05) is 11.6 Å². The van der Waals surface area contributed by atoms with Gasteiger partial charge in [0.05, 0.1) is 23.1 Å². The summed E-state index contributed by atoms with van der Waals surface area (Å²) in [6.07, 6.45) is 2.61. The molecule has 0 bridgehead atoms. The first-order chi connectivity index (χ1) is 8.40. The molecule has 7 nitrogen and oxygen atoms in total. The molecule has 0 unspecified atom stereocenters. The number of aromatic nitrogens is 3. The van der Waals surface area contributed by atoms with Crippen molar-refractivity contribution in [2.24, 2.45) is 7.05 Å². The van der Waals surface area contributed by atoms with Gasteiger partial charge in [-0.25, -0.2) is 4.98 Å². The summed E-state index contributed by atoms with van der Waals surface area (Å²) in [5, 5.41) is 3.68. The van der Waals surface area contributed by atoms with E-state index in [2.05, 4.69) is 14.8 Å². The zero-order valence-electron chi connectivity index (χ0n) is 9.33. The fraction of sp³-hybridized carbons (Fsp3) is 0.111. The SMILES string of the molecule is Cn1ncc(Cl)c1S(=O)(=O)Nc1ccc(N)cn1. The van der Waals surface area contributed by atoms with Gasteiger partial charge in [0.25, 0.3) is 10.0 Å². The number of pyridine rings is 1. The molecular weight excluding hydrogens is 278 g/mol. The van der Waals surface area contributed by atoms with Gasteiger partial charge in [-0.05, 0) is 12.1 Å². The van der Waals surface area contributed by atoms with Crippen LogP contribution in [0, 0.1) is 0 Å². The van der Waals surface area contributed by atoms with Crippen LogP contribution in [0.25, 0.3) is 0 Å². The Morgan fingerprint density at radius 2 is 2.11 bits per heavy atom. The van der Waals surface area contributed by atoms with Crippen LogP contribution in [0.5, 0.6) is 0 Å². The van der Waals surface area contributed by atoms with Gasteiger partial charge in [-0.15, -0.1) is 0 Å². The molecule has 0 amide bonds. The molecule has 0 atom stereocenters. The van der Waals surface area contributed by atoms with Crippen molar-refractivity contribution < 1.29 is 8.42 Å². The molecule has 3 N–H and O–H groups in total. The zero-order valence-corrected chi connectivity index (χ0v) is 10.9. The highest BCUT2D eigenvalue weighted by Crippen LogP contribution is 2.22. The maximum Gasteiger partial charge on any atom is 0.281 e. The van der Waals surface area contributed by atoms with Crippen molar-refractivity contribution in [3.05, 3.63) is 29.5 Å². The number of hydrogen-bond acceptors (Lipinski definition) is 5. The van der Waals surface area contributed by atoms with Crippen molar-refractivity contribution in [3.8, 4) is 0 Å². The standard InChI is InChI=1S/C9H10ClN5O2S/c1-15-9(7(10)5-13-15)18(16,17)14-8-3-2-6(11)4-12-8/h2-5H,11H2,1H3,(H,12,14). The molecule has 0 radical (unpaired) electrons. The van der Waals surface area contributed by atoms with Gasteiger partial charge in [-0.2, -0.15) is 13.5 Å². The minimum absolute atomic E-state index is 0.0421. The maximum atomic E-state index is 12.1. The van der Waals surface area contributed by atoms with E-state index in [1.807, 2.05) is 0 Å². The molecule has 0 fully saturated rings. The highest BCUT2D eigenvalue weighted by atomic mass is 35.5. The monoisotopic (exact) mass is 287 g/mol. The number of nitrogens with two attached hydrogens (primary N) is 1. The number of aryl methyl sites for hydroxylation is 1. The van der Waals surface area contributed by atoms with E-state index in [0.717, 1.165) is 0 Å². The number of hydrogen-bond donors (Lipinski definition) is 2. The van der Waals surface area contributed by atoms with Crippen LogP contribution in [-0.2, 0) is 17.1 Å². The molecule has 0 spiro atoms. The van der Waals surface area contributed by atoms with Crippen LogP contribution in [0.15, 0.2) is 29.6 Å². The first-order valence-corrected chi connectivity index (χ1v) is 6.68. The highest BCUT2D eigenvalue weighted by molar-refractivity contribution is 7.92. The fourth-order valence-electron chi connectivity index (χ4n) is 1.35. The molecule has 0 aromatic carbocycles. The van der Waals surface area contributed by atoms with Gasteiger partial charge >= 0.3 is 0 Å². The third kappa shape index (κ3) is 2.39. The van der Waals surface area contributed by atoms with Gasteiger partial charge in [-0.3, -0.25) is 9.40 Å². The van der Waals surface area contributed by atoms with E-state index in [1.165, 1.54) is 36.3 Å². The van der Waals surface area contributed by atoms with Crippen LogP contribution in [0.3, 0.4) is 0 Å². The van der Waals surface area contributed by atoms with Crippen molar-refractivity contribution >= 4 is 33.1 Å². The van der Waals surface area contributed by atoms with Gasteiger partial charge < -0.3 is 5.73 Å². The second kappa shape index (κ2) is 4.46. The Morgan fingerprint density at radius 3 is 2.61 bits per heavy atom. The molecule has 96 valence electrons. The lowest BCUT2D eigenvalue weighted by molar-refractivity contribution is 0.582. The Bertz CT molecular complexity index is 645. The third-order valence-electron chi connectivity index (χ3n) is 2.12. The Morgan fingerprint density at radius 1 is 1.39 bits per heavy atom.